The van der Waals surface area contributed by atoms with E-state index in [1.54, 1.807) is 12.1 Å². The predicted octanol–water partition coefficient (Wildman–Crippen LogP) is 3.25. The second-order valence-electron chi connectivity index (χ2n) is 4.96. The Bertz CT molecular complexity index is 482. The molecule has 0 atom stereocenters. The fraction of sp³-hybridized carbons (Fsp3) is 0.400. The Balaban J connectivity index is 1.75. The van der Waals surface area contributed by atoms with Crippen molar-refractivity contribution in [2.45, 2.75) is 25.7 Å². The van der Waals surface area contributed by atoms with Crippen molar-refractivity contribution in [2.24, 2.45) is 10.9 Å². The molecule has 94 valence electrons. The summed E-state index contributed by atoms with van der Waals surface area (Å²) < 4.78 is 12.9. The molecule has 1 aromatic carbocycles. The number of nitrogens with one attached hydrogen (secondary N) is 1. The molecule has 0 unspecified atom stereocenters. The molecule has 1 saturated carbocycles. The molecule has 1 aliphatic carbocycles. The van der Waals surface area contributed by atoms with Gasteiger partial charge in [-0.15, -0.1) is 0 Å². The molecule has 0 spiro atoms. The quantitative estimate of drug-likeness (QED) is 0.848. The van der Waals surface area contributed by atoms with Crippen molar-refractivity contribution in [1.29, 1.82) is 0 Å². The predicted molar refractivity (Wildman–Crippen MR) is 71.0 cm³/mol. The molecule has 0 radical (unpaired) electrons. The lowest BCUT2D eigenvalue weighted by molar-refractivity contribution is 0.609. The van der Waals surface area contributed by atoms with Crippen molar-refractivity contribution < 1.29 is 4.39 Å². The molecule has 18 heavy (non-hydrogen) atoms. The van der Waals surface area contributed by atoms with Crippen molar-refractivity contribution in [3.05, 3.63) is 47.4 Å². The second-order valence-corrected chi connectivity index (χ2v) is 4.96. The van der Waals surface area contributed by atoms with E-state index in [4.69, 9.17) is 0 Å². The van der Waals surface area contributed by atoms with Crippen LogP contribution < -0.4 is 5.32 Å². The minimum absolute atomic E-state index is 0.207. The molecule has 3 rings (SSSR count). The first kappa shape index (κ1) is 11.5. The monoisotopic (exact) mass is 244 g/mol. The first-order valence-electron chi connectivity index (χ1n) is 6.60. The maximum atomic E-state index is 12.9. The van der Waals surface area contributed by atoms with E-state index in [2.05, 4.69) is 16.4 Å². The molecule has 2 aliphatic rings. The number of halogens is 1. The zero-order valence-corrected chi connectivity index (χ0v) is 10.3. The van der Waals surface area contributed by atoms with E-state index >= 15 is 0 Å². The maximum absolute atomic E-state index is 12.9. The summed E-state index contributed by atoms with van der Waals surface area (Å²) in [5.41, 5.74) is 2.27. The highest BCUT2D eigenvalue weighted by molar-refractivity contribution is 6.00. The van der Waals surface area contributed by atoms with Crippen LogP contribution in [0.4, 0.5) is 4.39 Å². The standard InChI is InChI=1S/C15H17FN2/c16-13-7-5-12(6-8-13)15-17-10-9-14(18-15)11-3-1-2-4-11/h5-9,11H,1-4,10H2,(H,17,18). The summed E-state index contributed by atoms with van der Waals surface area (Å²) in [6, 6.07) is 6.51. The smallest absolute Gasteiger partial charge is 0.132 e. The largest absolute Gasteiger partial charge is 0.344 e. The van der Waals surface area contributed by atoms with Gasteiger partial charge in [-0.05, 0) is 49.1 Å². The summed E-state index contributed by atoms with van der Waals surface area (Å²) in [4.78, 5) is 4.46. The summed E-state index contributed by atoms with van der Waals surface area (Å²) in [5, 5.41) is 3.42. The van der Waals surface area contributed by atoms with Gasteiger partial charge in [-0.2, -0.15) is 0 Å². The lowest BCUT2D eigenvalue weighted by Crippen LogP contribution is -2.30. The van der Waals surface area contributed by atoms with Gasteiger partial charge in [0.15, 0.2) is 0 Å². The van der Waals surface area contributed by atoms with Crippen LogP contribution >= 0.6 is 0 Å². The average Bonchev–Trinajstić information content (AvgIpc) is 2.94. The molecular formula is C15H17FN2. The second kappa shape index (κ2) is 4.92. The van der Waals surface area contributed by atoms with Gasteiger partial charge in [-0.25, -0.2) is 4.39 Å². The number of benzene rings is 1. The first-order chi connectivity index (χ1) is 8.83. The number of aliphatic imine (C=N–C) groups is 1. The van der Waals surface area contributed by atoms with Crippen LogP contribution in [0.5, 0.6) is 0 Å². The summed E-state index contributed by atoms with van der Waals surface area (Å²) >= 11 is 0. The molecule has 3 heteroatoms. The van der Waals surface area contributed by atoms with Crippen molar-refractivity contribution in [3.63, 3.8) is 0 Å². The van der Waals surface area contributed by atoms with Gasteiger partial charge in [-0.1, -0.05) is 12.8 Å². The van der Waals surface area contributed by atoms with Crippen LogP contribution in [0.3, 0.4) is 0 Å². The molecule has 0 amide bonds. The molecule has 1 fully saturated rings. The summed E-state index contributed by atoms with van der Waals surface area (Å²) in [6.45, 7) is 0.728. The van der Waals surface area contributed by atoms with Crippen LogP contribution in [0.25, 0.3) is 0 Å². The van der Waals surface area contributed by atoms with E-state index in [-0.39, 0.29) is 5.82 Å². The summed E-state index contributed by atoms with van der Waals surface area (Å²) in [7, 11) is 0. The SMILES string of the molecule is Fc1ccc(C2=NCC=C(C3CCCC3)N2)cc1. The molecule has 0 saturated heterocycles. The van der Waals surface area contributed by atoms with Gasteiger partial charge in [0, 0.05) is 11.3 Å². The van der Waals surface area contributed by atoms with Crippen LogP contribution in [-0.4, -0.2) is 12.4 Å². The number of amidine groups is 1. The lowest BCUT2D eigenvalue weighted by Gasteiger charge is -2.21. The van der Waals surface area contributed by atoms with E-state index in [0.717, 1.165) is 17.9 Å². The van der Waals surface area contributed by atoms with Crippen molar-refractivity contribution in [3.8, 4) is 0 Å². The minimum atomic E-state index is -0.207. The molecule has 1 aliphatic heterocycles. The van der Waals surface area contributed by atoms with Crippen LogP contribution in [0.15, 0.2) is 41.0 Å². The molecule has 0 aromatic heterocycles. The van der Waals surface area contributed by atoms with E-state index in [1.807, 2.05) is 0 Å². The number of nitrogens with zero attached hydrogens (tertiary/aromatic N) is 1. The first-order valence-corrected chi connectivity index (χ1v) is 6.60. The van der Waals surface area contributed by atoms with Crippen LogP contribution in [0, 0.1) is 11.7 Å². The van der Waals surface area contributed by atoms with Gasteiger partial charge in [-0.3, -0.25) is 4.99 Å². The highest BCUT2D eigenvalue weighted by Gasteiger charge is 2.21. The highest BCUT2D eigenvalue weighted by atomic mass is 19.1. The van der Waals surface area contributed by atoms with E-state index < -0.39 is 0 Å². The van der Waals surface area contributed by atoms with Gasteiger partial charge in [0.05, 0.1) is 6.54 Å². The van der Waals surface area contributed by atoms with Gasteiger partial charge in [0.25, 0.3) is 0 Å². The normalized spacial score (nSPS) is 20.3. The maximum Gasteiger partial charge on any atom is 0.132 e. The molecule has 1 aromatic rings. The fourth-order valence-electron chi connectivity index (χ4n) is 2.74. The third-order valence-electron chi connectivity index (χ3n) is 3.74. The molecule has 2 nitrogen and oxygen atoms in total. The van der Waals surface area contributed by atoms with Gasteiger partial charge in [0.2, 0.25) is 0 Å². The van der Waals surface area contributed by atoms with E-state index in [9.17, 15) is 4.39 Å². The van der Waals surface area contributed by atoms with Crippen LogP contribution in [-0.2, 0) is 0 Å². The van der Waals surface area contributed by atoms with Crippen molar-refractivity contribution in [1.82, 2.24) is 5.32 Å². The van der Waals surface area contributed by atoms with Gasteiger partial charge < -0.3 is 5.32 Å². The van der Waals surface area contributed by atoms with Gasteiger partial charge in [0.1, 0.15) is 11.7 Å². The molecule has 0 bridgehead atoms. The Labute approximate surface area is 107 Å². The van der Waals surface area contributed by atoms with E-state index in [0.29, 0.717) is 5.92 Å². The lowest BCUT2D eigenvalue weighted by atomic mass is 10.0. The Morgan fingerprint density at radius 2 is 1.83 bits per heavy atom. The Hall–Kier alpha value is -1.64. The van der Waals surface area contributed by atoms with Crippen molar-refractivity contribution in [2.75, 3.05) is 6.54 Å². The number of allylic oxidation sites excluding steroid dienone is 1. The Kier molecular flexibility index (Phi) is 3.13. The molecule has 1 heterocycles. The third kappa shape index (κ3) is 2.30. The topological polar surface area (TPSA) is 24.4 Å². The van der Waals surface area contributed by atoms with E-state index in [1.165, 1.54) is 43.5 Å². The zero-order valence-electron chi connectivity index (χ0n) is 10.3. The Morgan fingerprint density at radius 1 is 1.11 bits per heavy atom. The van der Waals surface area contributed by atoms with Crippen molar-refractivity contribution >= 4 is 5.84 Å². The molecular weight excluding hydrogens is 227 g/mol. The number of hydrogen-bond acceptors (Lipinski definition) is 2. The summed E-state index contributed by atoms with van der Waals surface area (Å²) in [5.74, 6) is 1.33. The van der Waals surface area contributed by atoms with Crippen LogP contribution in [0.2, 0.25) is 0 Å². The number of hydrogen-bond donors (Lipinski definition) is 1. The summed E-state index contributed by atoms with van der Waals surface area (Å²) in [6.07, 6.45) is 7.38. The third-order valence-corrected chi connectivity index (χ3v) is 3.74. The Morgan fingerprint density at radius 3 is 2.56 bits per heavy atom. The fourth-order valence-corrected chi connectivity index (χ4v) is 2.74. The number of rotatable bonds is 2. The van der Waals surface area contributed by atoms with Crippen LogP contribution in [0.1, 0.15) is 31.2 Å². The minimum Gasteiger partial charge on any atom is -0.344 e. The average molecular weight is 244 g/mol. The zero-order chi connectivity index (χ0) is 12.4. The molecule has 1 N–H and O–H groups in total. The highest BCUT2D eigenvalue weighted by Crippen LogP contribution is 2.30. The van der Waals surface area contributed by atoms with Gasteiger partial charge >= 0.3 is 0 Å².